The first-order valence-corrected chi connectivity index (χ1v) is 9.37. The van der Waals surface area contributed by atoms with E-state index in [1.165, 1.54) is 12.4 Å². The number of alkyl halides is 3. The molecule has 0 atom stereocenters. The lowest BCUT2D eigenvalue weighted by atomic mass is 9.95. The Labute approximate surface area is 180 Å². The van der Waals surface area contributed by atoms with E-state index in [1.807, 2.05) is 0 Å². The molecule has 3 heterocycles. The normalized spacial score (nSPS) is 12.1. The van der Waals surface area contributed by atoms with E-state index in [4.69, 9.17) is 21.4 Å². The maximum Gasteiger partial charge on any atom is 0.432 e. The highest BCUT2D eigenvalue weighted by Gasteiger charge is 2.33. The molecule has 2 N–H and O–H groups in total. The van der Waals surface area contributed by atoms with Crippen LogP contribution in [-0.2, 0) is 11.0 Å². The van der Waals surface area contributed by atoms with E-state index in [-0.39, 0.29) is 29.0 Å². The highest BCUT2D eigenvalue weighted by atomic mass is 35.5. The number of pyridine rings is 2. The summed E-state index contributed by atoms with van der Waals surface area (Å²) in [4.78, 5) is 25.4. The largest absolute Gasteiger partial charge is 0.481 e. The summed E-state index contributed by atoms with van der Waals surface area (Å²) < 4.78 is 43.8. The van der Waals surface area contributed by atoms with E-state index in [0.717, 1.165) is 5.56 Å². The maximum absolute atomic E-state index is 12.8. The van der Waals surface area contributed by atoms with Gasteiger partial charge in [0.25, 0.3) is 0 Å². The van der Waals surface area contributed by atoms with Crippen LogP contribution in [0, 0.1) is 12.3 Å². The van der Waals surface area contributed by atoms with Crippen LogP contribution in [0.4, 0.5) is 13.2 Å². The standard InChI is InChI=1S/C20H18ClF3N4O3/c1-10-4-15(31-9-19(2,3)18(29)30)25-7-12(10)11-5-13(21)16(26-6-11)17-27-8-14(28-17)20(22,23)24/h4-8H,9H2,1-3H3,(H,27,28)(H,29,30). The van der Waals surface area contributed by atoms with E-state index >= 15 is 0 Å². The van der Waals surface area contributed by atoms with Gasteiger partial charge in [0.05, 0.1) is 16.6 Å². The van der Waals surface area contributed by atoms with Crippen LogP contribution in [0.1, 0.15) is 25.1 Å². The second-order valence-corrected chi connectivity index (χ2v) is 7.92. The monoisotopic (exact) mass is 454 g/mol. The molecule has 0 amide bonds. The third-order valence-electron chi connectivity index (χ3n) is 4.50. The predicted octanol–water partition coefficient (Wildman–Crippen LogP) is 5.00. The molecule has 0 spiro atoms. The van der Waals surface area contributed by atoms with Crippen molar-refractivity contribution in [3.8, 4) is 28.5 Å². The van der Waals surface area contributed by atoms with Crippen molar-refractivity contribution >= 4 is 17.6 Å². The molecular formula is C20H18ClF3N4O3. The Morgan fingerprint density at radius 1 is 1.16 bits per heavy atom. The van der Waals surface area contributed by atoms with Gasteiger partial charge in [-0.15, -0.1) is 0 Å². The number of carbonyl (C=O) groups is 1. The Morgan fingerprint density at radius 2 is 1.87 bits per heavy atom. The van der Waals surface area contributed by atoms with E-state index in [1.54, 1.807) is 32.9 Å². The molecule has 0 aliphatic rings. The summed E-state index contributed by atoms with van der Waals surface area (Å²) in [7, 11) is 0. The lowest BCUT2D eigenvalue weighted by molar-refractivity contribution is -0.148. The molecule has 0 saturated carbocycles. The van der Waals surface area contributed by atoms with Crippen molar-refractivity contribution in [3.63, 3.8) is 0 Å². The molecule has 0 radical (unpaired) electrons. The molecule has 7 nitrogen and oxygen atoms in total. The summed E-state index contributed by atoms with van der Waals surface area (Å²) in [5, 5.41) is 9.27. The minimum atomic E-state index is -4.55. The summed E-state index contributed by atoms with van der Waals surface area (Å²) in [6, 6.07) is 3.20. The molecule has 0 bridgehead atoms. The smallest absolute Gasteiger partial charge is 0.432 e. The fourth-order valence-electron chi connectivity index (χ4n) is 2.57. The Kier molecular flexibility index (Phi) is 5.95. The summed E-state index contributed by atoms with van der Waals surface area (Å²) in [5.41, 5.74) is 0.0638. The lowest BCUT2D eigenvalue weighted by Gasteiger charge is -2.19. The van der Waals surface area contributed by atoms with Crippen molar-refractivity contribution in [2.24, 2.45) is 5.41 Å². The maximum atomic E-state index is 12.8. The van der Waals surface area contributed by atoms with E-state index in [2.05, 4.69) is 19.9 Å². The molecule has 3 aromatic rings. The molecule has 31 heavy (non-hydrogen) atoms. The number of aliphatic carboxylic acids is 1. The van der Waals surface area contributed by atoms with E-state index < -0.39 is 23.3 Å². The van der Waals surface area contributed by atoms with Gasteiger partial charge in [0.2, 0.25) is 5.88 Å². The number of ether oxygens (including phenoxy) is 1. The molecule has 3 aromatic heterocycles. The number of carboxylic acid groups (broad SMARTS) is 1. The van der Waals surface area contributed by atoms with Crippen molar-refractivity contribution in [3.05, 3.63) is 47.0 Å². The van der Waals surface area contributed by atoms with Gasteiger partial charge in [-0.2, -0.15) is 13.2 Å². The first kappa shape index (κ1) is 22.5. The Hall–Kier alpha value is -3.14. The molecule has 11 heteroatoms. The highest BCUT2D eigenvalue weighted by Crippen LogP contribution is 2.33. The van der Waals surface area contributed by atoms with E-state index in [9.17, 15) is 18.0 Å². The van der Waals surface area contributed by atoms with Gasteiger partial charge in [0.15, 0.2) is 5.82 Å². The van der Waals surface area contributed by atoms with Crippen molar-refractivity contribution in [2.75, 3.05) is 6.61 Å². The van der Waals surface area contributed by atoms with Gasteiger partial charge in [-0.25, -0.2) is 9.97 Å². The lowest BCUT2D eigenvalue weighted by Crippen LogP contribution is -2.30. The van der Waals surface area contributed by atoms with Crippen LogP contribution in [-0.4, -0.2) is 37.6 Å². The second-order valence-electron chi connectivity index (χ2n) is 7.51. The predicted molar refractivity (Wildman–Crippen MR) is 107 cm³/mol. The van der Waals surface area contributed by atoms with Crippen LogP contribution in [0.5, 0.6) is 5.88 Å². The number of H-pyrrole nitrogens is 1. The Bertz CT molecular complexity index is 1130. The zero-order valence-electron chi connectivity index (χ0n) is 16.7. The quantitative estimate of drug-likeness (QED) is 0.543. The van der Waals surface area contributed by atoms with Crippen LogP contribution in [0.3, 0.4) is 0 Å². The summed E-state index contributed by atoms with van der Waals surface area (Å²) in [6.45, 7) is 4.83. The SMILES string of the molecule is Cc1cc(OCC(C)(C)C(=O)O)ncc1-c1cnc(-c2ncc(C(F)(F)F)[nH]2)c(Cl)c1. The van der Waals surface area contributed by atoms with Gasteiger partial charge in [-0.05, 0) is 32.4 Å². The number of aromatic amines is 1. The van der Waals surface area contributed by atoms with Crippen molar-refractivity contribution in [1.29, 1.82) is 0 Å². The summed E-state index contributed by atoms with van der Waals surface area (Å²) in [6.07, 6.45) is -0.890. The minimum Gasteiger partial charge on any atom is -0.481 e. The van der Waals surface area contributed by atoms with E-state index in [0.29, 0.717) is 17.3 Å². The zero-order valence-corrected chi connectivity index (χ0v) is 17.5. The molecule has 0 unspecified atom stereocenters. The molecule has 3 rings (SSSR count). The van der Waals surface area contributed by atoms with Gasteiger partial charge in [-0.3, -0.25) is 9.78 Å². The van der Waals surface area contributed by atoms with Crippen molar-refractivity contribution in [1.82, 2.24) is 19.9 Å². The Morgan fingerprint density at radius 3 is 2.42 bits per heavy atom. The Balaban J connectivity index is 1.83. The van der Waals surface area contributed by atoms with Crippen molar-refractivity contribution < 1.29 is 27.8 Å². The molecule has 164 valence electrons. The number of imidazole rings is 1. The topological polar surface area (TPSA) is 101 Å². The number of halogens is 4. The molecule has 0 fully saturated rings. The molecule has 0 aliphatic carbocycles. The van der Waals surface area contributed by atoms with Crippen LogP contribution in [0.15, 0.2) is 30.7 Å². The number of rotatable bonds is 6. The van der Waals surface area contributed by atoms with Crippen LogP contribution >= 0.6 is 11.6 Å². The number of nitrogens with zero attached hydrogens (tertiary/aromatic N) is 3. The highest BCUT2D eigenvalue weighted by molar-refractivity contribution is 6.33. The molecule has 0 saturated heterocycles. The molecule has 0 aliphatic heterocycles. The number of hydrogen-bond acceptors (Lipinski definition) is 5. The van der Waals surface area contributed by atoms with Gasteiger partial charge >= 0.3 is 12.1 Å². The number of nitrogens with one attached hydrogen (secondary N) is 1. The first-order chi connectivity index (χ1) is 14.4. The first-order valence-electron chi connectivity index (χ1n) is 9.00. The fraction of sp³-hybridized carbons (Fsp3) is 0.300. The summed E-state index contributed by atoms with van der Waals surface area (Å²) in [5.74, 6) is -0.814. The third-order valence-corrected chi connectivity index (χ3v) is 4.79. The van der Waals surface area contributed by atoms with Crippen LogP contribution in [0.2, 0.25) is 5.02 Å². The zero-order chi connectivity index (χ0) is 23.0. The van der Waals surface area contributed by atoms with Gasteiger partial charge < -0.3 is 14.8 Å². The van der Waals surface area contributed by atoms with Crippen molar-refractivity contribution in [2.45, 2.75) is 26.9 Å². The average molecular weight is 455 g/mol. The second kappa shape index (κ2) is 8.18. The molecular weight excluding hydrogens is 437 g/mol. The third kappa shape index (κ3) is 4.96. The number of hydrogen-bond donors (Lipinski definition) is 2. The van der Waals surface area contributed by atoms with Gasteiger partial charge in [-0.1, -0.05) is 11.6 Å². The summed E-state index contributed by atoms with van der Waals surface area (Å²) >= 11 is 6.25. The average Bonchev–Trinajstić information content (AvgIpc) is 3.16. The van der Waals surface area contributed by atoms with Crippen LogP contribution < -0.4 is 4.74 Å². The minimum absolute atomic E-state index is 0.0563. The van der Waals surface area contributed by atoms with Gasteiger partial charge in [0.1, 0.15) is 18.0 Å². The number of carboxylic acids is 1. The molecule has 0 aromatic carbocycles. The number of aryl methyl sites for hydroxylation is 1. The fourth-order valence-corrected chi connectivity index (χ4v) is 2.83. The number of aromatic nitrogens is 4. The van der Waals surface area contributed by atoms with Gasteiger partial charge in [0, 0.05) is 29.6 Å². The van der Waals surface area contributed by atoms with Crippen LogP contribution in [0.25, 0.3) is 22.6 Å².